The van der Waals surface area contributed by atoms with E-state index in [1.807, 2.05) is 6.07 Å². The number of hydrogen-bond donors (Lipinski definition) is 0. The van der Waals surface area contributed by atoms with Crippen LogP contribution in [0.2, 0.25) is 5.02 Å². The van der Waals surface area contributed by atoms with E-state index in [0.29, 0.717) is 15.7 Å². The molecule has 2 aromatic rings. The highest BCUT2D eigenvalue weighted by molar-refractivity contribution is 9.10. The molecule has 0 aliphatic carbocycles. The zero-order chi connectivity index (χ0) is 10.1. The highest BCUT2D eigenvalue weighted by Crippen LogP contribution is 2.30. The Balaban J connectivity index is 2.55. The lowest BCUT2D eigenvalue weighted by Gasteiger charge is -1.98. The van der Waals surface area contributed by atoms with Crippen LogP contribution in [-0.4, -0.2) is 10.2 Å². The van der Waals surface area contributed by atoms with Crippen LogP contribution < -0.4 is 0 Å². The lowest BCUT2D eigenvalue weighted by Crippen LogP contribution is -1.80. The highest BCUT2D eigenvalue weighted by Gasteiger charge is 2.10. The van der Waals surface area contributed by atoms with Gasteiger partial charge in [0.1, 0.15) is 0 Å². The van der Waals surface area contributed by atoms with E-state index in [9.17, 15) is 0 Å². The summed E-state index contributed by atoms with van der Waals surface area (Å²) < 4.78 is 6.07. The fourth-order valence-electron chi connectivity index (χ4n) is 0.976. The summed E-state index contributed by atoms with van der Waals surface area (Å²) in [5.41, 5.74) is 0.774. The van der Waals surface area contributed by atoms with E-state index in [4.69, 9.17) is 16.0 Å². The van der Waals surface area contributed by atoms with Crippen molar-refractivity contribution in [3.8, 4) is 11.5 Å². The maximum atomic E-state index is 5.85. The van der Waals surface area contributed by atoms with Crippen LogP contribution in [0.1, 0.15) is 0 Å². The molecule has 0 saturated carbocycles. The van der Waals surface area contributed by atoms with Crippen LogP contribution in [0.15, 0.2) is 31.9 Å². The van der Waals surface area contributed by atoms with Gasteiger partial charge in [-0.05, 0) is 34.1 Å². The molecule has 0 aliphatic heterocycles. The van der Waals surface area contributed by atoms with Gasteiger partial charge in [0.2, 0.25) is 5.89 Å². The molecule has 1 heterocycles. The van der Waals surface area contributed by atoms with Crippen molar-refractivity contribution in [2.24, 2.45) is 0 Å². The number of aromatic nitrogens is 2. The SMILES string of the molecule is Clc1ccc(Br)c(-c2nnc(Br)o2)c1. The second-order valence-electron chi connectivity index (χ2n) is 2.48. The van der Waals surface area contributed by atoms with Gasteiger partial charge in [0, 0.05) is 25.4 Å². The minimum Gasteiger partial charge on any atom is -0.411 e. The Labute approximate surface area is 102 Å². The molecule has 1 aromatic carbocycles. The molecule has 0 aliphatic rings. The average Bonchev–Trinajstić information content (AvgIpc) is 2.56. The number of benzene rings is 1. The zero-order valence-corrected chi connectivity index (χ0v) is 10.6. The summed E-state index contributed by atoms with van der Waals surface area (Å²) in [7, 11) is 0. The van der Waals surface area contributed by atoms with Gasteiger partial charge in [0.15, 0.2) is 0 Å². The lowest BCUT2D eigenvalue weighted by molar-refractivity contribution is 0.540. The quantitative estimate of drug-likeness (QED) is 0.791. The van der Waals surface area contributed by atoms with Crippen molar-refractivity contribution in [1.82, 2.24) is 10.2 Å². The molecular weight excluding hydrogens is 335 g/mol. The molecule has 6 heteroatoms. The van der Waals surface area contributed by atoms with Crippen LogP contribution in [-0.2, 0) is 0 Å². The van der Waals surface area contributed by atoms with Gasteiger partial charge in [-0.15, -0.1) is 10.2 Å². The van der Waals surface area contributed by atoms with Crippen molar-refractivity contribution in [3.63, 3.8) is 0 Å². The molecule has 0 N–H and O–H groups in total. The van der Waals surface area contributed by atoms with E-state index >= 15 is 0 Å². The summed E-state index contributed by atoms with van der Waals surface area (Å²) in [4.78, 5) is 0.347. The van der Waals surface area contributed by atoms with E-state index in [-0.39, 0.29) is 0 Å². The minimum absolute atomic E-state index is 0.347. The Bertz CT molecular complexity index is 472. The number of rotatable bonds is 1. The van der Waals surface area contributed by atoms with Crippen LogP contribution in [0, 0.1) is 0 Å². The monoisotopic (exact) mass is 336 g/mol. The van der Waals surface area contributed by atoms with E-state index in [1.165, 1.54) is 0 Å². The third kappa shape index (κ3) is 1.99. The van der Waals surface area contributed by atoms with Crippen molar-refractivity contribution in [1.29, 1.82) is 0 Å². The van der Waals surface area contributed by atoms with Crippen molar-refractivity contribution < 1.29 is 4.42 Å². The number of hydrogen-bond acceptors (Lipinski definition) is 3. The molecule has 0 saturated heterocycles. The fraction of sp³-hybridized carbons (Fsp3) is 0. The van der Waals surface area contributed by atoms with Crippen LogP contribution >= 0.6 is 43.5 Å². The Kier molecular flexibility index (Phi) is 2.90. The van der Waals surface area contributed by atoms with E-state index in [1.54, 1.807) is 12.1 Å². The van der Waals surface area contributed by atoms with E-state index in [2.05, 4.69) is 42.1 Å². The maximum absolute atomic E-state index is 5.85. The minimum atomic E-state index is 0.347. The van der Waals surface area contributed by atoms with Crippen molar-refractivity contribution in [2.75, 3.05) is 0 Å². The second kappa shape index (κ2) is 4.00. The molecule has 0 fully saturated rings. The molecule has 14 heavy (non-hydrogen) atoms. The maximum Gasteiger partial charge on any atom is 0.285 e. The first kappa shape index (κ1) is 10.1. The molecule has 72 valence electrons. The zero-order valence-electron chi connectivity index (χ0n) is 6.67. The molecule has 0 bridgehead atoms. The molecule has 0 spiro atoms. The standard InChI is InChI=1S/C8H3Br2ClN2O/c9-6-2-1-4(11)3-5(6)7-12-13-8(10)14-7/h1-3H. The smallest absolute Gasteiger partial charge is 0.285 e. The second-order valence-corrected chi connectivity index (χ2v) is 4.45. The summed E-state index contributed by atoms with van der Waals surface area (Å²) in [6.07, 6.45) is 0. The van der Waals surface area contributed by atoms with Crippen LogP contribution in [0.5, 0.6) is 0 Å². The Morgan fingerprint density at radius 3 is 2.64 bits per heavy atom. The first-order valence-electron chi connectivity index (χ1n) is 3.61. The topological polar surface area (TPSA) is 38.9 Å². The first-order valence-corrected chi connectivity index (χ1v) is 5.57. The Morgan fingerprint density at radius 1 is 1.21 bits per heavy atom. The molecule has 1 aromatic heterocycles. The molecule has 0 atom stereocenters. The van der Waals surface area contributed by atoms with Gasteiger partial charge in [-0.2, -0.15) is 0 Å². The molecule has 3 nitrogen and oxygen atoms in total. The van der Waals surface area contributed by atoms with Crippen molar-refractivity contribution in [3.05, 3.63) is 32.5 Å². The number of nitrogens with zero attached hydrogens (tertiary/aromatic N) is 2. The van der Waals surface area contributed by atoms with Crippen LogP contribution in [0.3, 0.4) is 0 Å². The normalized spacial score (nSPS) is 10.5. The third-order valence-corrected chi connectivity index (χ3v) is 2.81. The Morgan fingerprint density at radius 2 is 2.00 bits per heavy atom. The molecule has 0 unspecified atom stereocenters. The third-order valence-electron chi connectivity index (χ3n) is 1.56. The Hall–Kier alpha value is -0.390. The van der Waals surface area contributed by atoms with Gasteiger partial charge in [-0.3, -0.25) is 0 Å². The van der Waals surface area contributed by atoms with Crippen molar-refractivity contribution in [2.45, 2.75) is 0 Å². The van der Waals surface area contributed by atoms with Gasteiger partial charge in [0.05, 0.1) is 5.56 Å². The first-order chi connectivity index (χ1) is 6.66. The van der Waals surface area contributed by atoms with Gasteiger partial charge in [0.25, 0.3) is 4.80 Å². The molecule has 0 radical (unpaired) electrons. The van der Waals surface area contributed by atoms with Gasteiger partial charge >= 0.3 is 0 Å². The van der Waals surface area contributed by atoms with E-state index < -0.39 is 0 Å². The molecule has 0 amide bonds. The molecule has 2 rings (SSSR count). The largest absolute Gasteiger partial charge is 0.411 e. The summed E-state index contributed by atoms with van der Waals surface area (Å²) in [5, 5.41) is 8.16. The molecular formula is C8H3Br2ClN2O. The lowest BCUT2D eigenvalue weighted by atomic mass is 10.2. The summed E-state index contributed by atoms with van der Waals surface area (Å²) >= 11 is 12.3. The van der Waals surface area contributed by atoms with Crippen LogP contribution in [0.25, 0.3) is 11.5 Å². The van der Waals surface area contributed by atoms with Gasteiger partial charge in [-0.25, -0.2) is 0 Å². The fourth-order valence-corrected chi connectivity index (χ4v) is 1.80. The van der Waals surface area contributed by atoms with Gasteiger partial charge in [-0.1, -0.05) is 11.6 Å². The van der Waals surface area contributed by atoms with Crippen LogP contribution in [0.4, 0.5) is 0 Å². The van der Waals surface area contributed by atoms with E-state index in [0.717, 1.165) is 10.0 Å². The van der Waals surface area contributed by atoms with Crippen molar-refractivity contribution >= 4 is 43.5 Å². The summed E-state index contributed by atoms with van der Waals surface area (Å²) in [5.74, 6) is 0.422. The average molecular weight is 338 g/mol. The number of halogens is 3. The summed E-state index contributed by atoms with van der Waals surface area (Å²) in [6.45, 7) is 0. The summed E-state index contributed by atoms with van der Waals surface area (Å²) in [6, 6.07) is 5.36. The highest BCUT2D eigenvalue weighted by atomic mass is 79.9. The van der Waals surface area contributed by atoms with Gasteiger partial charge < -0.3 is 4.42 Å². The predicted molar refractivity (Wildman–Crippen MR) is 60.1 cm³/mol. The predicted octanol–water partition coefficient (Wildman–Crippen LogP) is 3.92.